The monoisotopic (exact) mass is 257 g/mol. The highest BCUT2D eigenvalue weighted by atomic mass is 19.1. The molecule has 0 heterocycles. The molecular formula is C17H20FN. The standard InChI is InChI=1S/C17H20FN/c1-12-4-6-14(7-5-12)11-17(19-3)15-8-9-16(18)13(2)10-15/h4-10,17,19H,11H2,1-3H3. The van der Waals surface area contributed by atoms with E-state index in [2.05, 4.69) is 36.5 Å². The normalized spacial score (nSPS) is 12.4. The van der Waals surface area contributed by atoms with Gasteiger partial charge in [0, 0.05) is 6.04 Å². The fourth-order valence-electron chi connectivity index (χ4n) is 2.23. The molecular weight excluding hydrogens is 237 g/mol. The SMILES string of the molecule is CNC(Cc1ccc(C)cc1)c1ccc(F)c(C)c1. The summed E-state index contributed by atoms with van der Waals surface area (Å²) < 4.78 is 13.3. The number of benzene rings is 2. The lowest BCUT2D eigenvalue weighted by molar-refractivity contribution is 0.583. The summed E-state index contributed by atoms with van der Waals surface area (Å²) in [4.78, 5) is 0. The molecule has 0 aliphatic rings. The Bertz CT molecular complexity index is 546. The second-order valence-electron chi connectivity index (χ2n) is 5.04. The average Bonchev–Trinajstić information content (AvgIpc) is 2.41. The molecule has 2 rings (SSSR count). The molecule has 2 aromatic carbocycles. The predicted molar refractivity (Wildman–Crippen MR) is 77.8 cm³/mol. The zero-order valence-electron chi connectivity index (χ0n) is 11.7. The third-order valence-corrected chi connectivity index (χ3v) is 3.49. The second kappa shape index (κ2) is 5.98. The fraction of sp³-hybridized carbons (Fsp3) is 0.294. The van der Waals surface area contributed by atoms with E-state index in [0.29, 0.717) is 5.56 Å². The molecule has 0 fully saturated rings. The van der Waals surface area contributed by atoms with Crippen molar-refractivity contribution < 1.29 is 4.39 Å². The molecule has 19 heavy (non-hydrogen) atoms. The van der Waals surface area contributed by atoms with Gasteiger partial charge in [-0.05, 0) is 50.1 Å². The maximum absolute atomic E-state index is 13.3. The van der Waals surface area contributed by atoms with Crippen LogP contribution in [0.25, 0.3) is 0 Å². The van der Waals surface area contributed by atoms with Crippen LogP contribution in [0.2, 0.25) is 0 Å². The summed E-state index contributed by atoms with van der Waals surface area (Å²) in [5.41, 5.74) is 4.37. The van der Waals surface area contributed by atoms with Gasteiger partial charge in [0.1, 0.15) is 5.82 Å². The summed E-state index contributed by atoms with van der Waals surface area (Å²) in [6, 6.07) is 14.1. The molecule has 1 nitrogen and oxygen atoms in total. The van der Waals surface area contributed by atoms with Crippen LogP contribution in [0.1, 0.15) is 28.3 Å². The van der Waals surface area contributed by atoms with E-state index in [1.54, 1.807) is 13.0 Å². The zero-order valence-corrected chi connectivity index (χ0v) is 11.7. The minimum Gasteiger partial charge on any atom is -0.313 e. The van der Waals surface area contributed by atoms with E-state index < -0.39 is 0 Å². The molecule has 1 N–H and O–H groups in total. The number of rotatable bonds is 4. The van der Waals surface area contributed by atoms with Gasteiger partial charge in [-0.3, -0.25) is 0 Å². The Morgan fingerprint density at radius 3 is 2.32 bits per heavy atom. The lowest BCUT2D eigenvalue weighted by Gasteiger charge is -2.17. The highest BCUT2D eigenvalue weighted by molar-refractivity contribution is 5.29. The van der Waals surface area contributed by atoms with Crippen molar-refractivity contribution in [2.75, 3.05) is 7.05 Å². The van der Waals surface area contributed by atoms with E-state index in [1.807, 2.05) is 19.2 Å². The molecule has 2 heteroatoms. The van der Waals surface area contributed by atoms with E-state index in [4.69, 9.17) is 0 Å². The lowest BCUT2D eigenvalue weighted by atomic mass is 9.97. The quantitative estimate of drug-likeness (QED) is 0.874. The summed E-state index contributed by atoms with van der Waals surface area (Å²) >= 11 is 0. The Morgan fingerprint density at radius 1 is 1.05 bits per heavy atom. The van der Waals surface area contributed by atoms with Gasteiger partial charge in [0.25, 0.3) is 0 Å². The minimum absolute atomic E-state index is 0.145. The number of nitrogens with one attached hydrogen (secondary N) is 1. The van der Waals surface area contributed by atoms with Crippen LogP contribution in [-0.4, -0.2) is 7.05 Å². The van der Waals surface area contributed by atoms with Crippen LogP contribution in [0.3, 0.4) is 0 Å². The third kappa shape index (κ3) is 3.42. The molecule has 2 aromatic rings. The van der Waals surface area contributed by atoms with E-state index in [-0.39, 0.29) is 11.9 Å². The smallest absolute Gasteiger partial charge is 0.126 e. The van der Waals surface area contributed by atoms with Crippen LogP contribution in [0.5, 0.6) is 0 Å². The fourth-order valence-corrected chi connectivity index (χ4v) is 2.23. The molecule has 0 aliphatic heterocycles. The maximum Gasteiger partial charge on any atom is 0.126 e. The van der Waals surface area contributed by atoms with Gasteiger partial charge in [-0.25, -0.2) is 4.39 Å². The molecule has 0 saturated heterocycles. The minimum atomic E-state index is -0.145. The van der Waals surface area contributed by atoms with Gasteiger partial charge in [-0.1, -0.05) is 42.0 Å². The summed E-state index contributed by atoms with van der Waals surface area (Å²) in [7, 11) is 1.94. The van der Waals surface area contributed by atoms with Gasteiger partial charge < -0.3 is 5.32 Å². The van der Waals surface area contributed by atoms with Crippen molar-refractivity contribution in [3.63, 3.8) is 0 Å². The van der Waals surface area contributed by atoms with Crippen molar-refractivity contribution in [3.05, 3.63) is 70.5 Å². The van der Waals surface area contributed by atoms with Gasteiger partial charge in [0.2, 0.25) is 0 Å². The van der Waals surface area contributed by atoms with Gasteiger partial charge in [0.15, 0.2) is 0 Å². The van der Waals surface area contributed by atoms with Crippen LogP contribution >= 0.6 is 0 Å². The Balaban J connectivity index is 2.19. The molecule has 0 aromatic heterocycles. The summed E-state index contributed by atoms with van der Waals surface area (Å²) in [5, 5.41) is 3.31. The third-order valence-electron chi connectivity index (χ3n) is 3.49. The molecule has 0 amide bonds. The van der Waals surface area contributed by atoms with Crippen LogP contribution in [0.4, 0.5) is 4.39 Å². The molecule has 0 spiro atoms. The Kier molecular flexibility index (Phi) is 4.33. The number of aryl methyl sites for hydroxylation is 2. The van der Waals surface area contributed by atoms with Gasteiger partial charge >= 0.3 is 0 Å². The Hall–Kier alpha value is -1.67. The van der Waals surface area contributed by atoms with Crippen LogP contribution in [-0.2, 0) is 6.42 Å². The van der Waals surface area contributed by atoms with Crippen molar-refractivity contribution in [3.8, 4) is 0 Å². The number of hydrogen-bond donors (Lipinski definition) is 1. The molecule has 100 valence electrons. The highest BCUT2D eigenvalue weighted by Crippen LogP contribution is 2.20. The van der Waals surface area contributed by atoms with Crippen molar-refractivity contribution in [2.24, 2.45) is 0 Å². The topological polar surface area (TPSA) is 12.0 Å². The van der Waals surface area contributed by atoms with Crippen LogP contribution in [0.15, 0.2) is 42.5 Å². The second-order valence-corrected chi connectivity index (χ2v) is 5.04. The van der Waals surface area contributed by atoms with Gasteiger partial charge in [-0.15, -0.1) is 0 Å². The summed E-state index contributed by atoms with van der Waals surface area (Å²) in [6.45, 7) is 3.89. The molecule has 1 unspecified atom stereocenters. The highest BCUT2D eigenvalue weighted by Gasteiger charge is 2.11. The first-order valence-corrected chi connectivity index (χ1v) is 6.59. The largest absolute Gasteiger partial charge is 0.313 e. The summed E-state index contributed by atoms with van der Waals surface area (Å²) in [5.74, 6) is -0.145. The first kappa shape index (κ1) is 13.8. The van der Waals surface area contributed by atoms with Crippen LogP contribution < -0.4 is 5.32 Å². The van der Waals surface area contributed by atoms with Gasteiger partial charge in [0.05, 0.1) is 0 Å². The first-order valence-electron chi connectivity index (χ1n) is 6.59. The number of halogens is 1. The number of likely N-dealkylation sites (N-methyl/N-ethyl adjacent to an activating group) is 1. The lowest BCUT2D eigenvalue weighted by Crippen LogP contribution is -2.19. The predicted octanol–water partition coefficient (Wildman–Crippen LogP) is 3.95. The molecule has 0 aliphatic carbocycles. The van der Waals surface area contributed by atoms with Crippen molar-refractivity contribution in [1.29, 1.82) is 0 Å². The van der Waals surface area contributed by atoms with E-state index in [1.165, 1.54) is 11.1 Å². The Labute approximate surface area is 114 Å². The van der Waals surface area contributed by atoms with Crippen molar-refractivity contribution in [2.45, 2.75) is 26.3 Å². The van der Waals surface area contributed by atoms with Crippen molar-refractivity contribution in [1.82, 2.24) is 5.32 Å². The van der Waals surface area contributed by atoms with E-state index in [0.717, 1.165) is 12.0 Å². The Morgan fingerprint density at radius 2 is 1.74 bits per heavy atom. The molecule has 0 bridgehead atoms. The van der Waals surface area contributed by atoms with E-state index in [9.17, 15) is 4.39 Å². The molecule has 0 radical (unpaired) electrons. The zero-order chi connectivity index (χ0) is 13.8. The first-order chi connectivity index (χ1) is 9.10. The average molecular weight is 257 g/mol. The molecule has 1 atom stereocenters. The maximum atomic E-state index is 13.3. The number of hydrogen-bond acceptors (Lipinski definition) is 1. The van der Waals surface area contributed by atoms with Crippen molar-refractivity contribution >= 4 is 0 Å². The van der Waals surface area contributed by atoms with E-state index >= 15 is 0 Å². The molecule has 0 saturated carbocycles. The van der Waals surface area contributed by atoms with Gasteiger partial charge in [-0.2, -0.15) is 0 Å². The summed E-state index contributed by atoms with van der Waals surface area (Å²) in [6.07, 6.45) is 0.905. The van der Waals surface area contributed by atoms with Crippen LogP contribution in [0, 0.1) is 19.7 Å².